The van der Waals surface area contributed by atoms with Crippen molar-refractivity contribution in [3.8, 4) is 10.6 Å². The lowest BCUT2D eigenvalue weighted by molar-refractivity contribution is 0.0268. The van der Waals surface area contributed by atoms with Crippen LogP contribution in [0, 0.1) is 6.92 Å². The summed E-state index contributed by atoms with van der Waals surface area (Å²) in [5.41, 5.74) is 1.95. The maximum Gasteiger partial charge on any atom is 0.339 e. The van der Waals surface area contributed by atoms with Gasteiger partial charge in [-0.3, -0.25) is 0 Å². The third-order valence-electron chi connectivity index (χ3n) is 3.88. The Labute approximate surface area is 153 Å². The Hall–Kier alpha value is -3.06. The van der Waals surface area contributed by atoms with Crippen LogP contribution in [0.25, 0.3) is 21.5 Å². The van der Waals surface area contributed by atoms with Gasteiger partial charge in [0.25, 0.3) is 5.89 Å². The van der Waals surface area contributed by atoms with Crippen LogP contribution in [-0.2, 0) is 4.74 Å². The molecule has 0 fully saturated rings. The van der Waals surface area contributed by atoms with Crippen LogP contribution in [0.3, 0.4) is 0 Å². The van der Waals surface area contributed by atoms with Crippen molar-refractivity contribution in [3.63, 3.8) is 0 Å². The highest BCUT2D eigenvalue weighted by Crippen LogP contribution is 2.29. The summed E-state index contributed by atoms with van der Waals surface area (Å²) >= 11 is 1.57. The fourth-order valence-corrected chi connectivity index (χ4v) is 3.33. The van der Waals surface area contributed by atoms with Crippen molar-refractivity contribution in [3.05, 3.63) is 65.1 Å². The molecule has 3 heterocycles. The molecule has 0 N–H and O–H groups in total. The Morgan fingerprint density at radius 1 is 1.19 bits per heavy atom. The zero-order valence-corrected chi connectivity index (χ0v) is 15.0. The number of hydrogen-bond donors (Lipinski definition) is 0. The molecule has 0 amide bonds. The van der Waals surface area contributed by atoms with E-state index in [9.17, 15) is 4.79 Å². The zero-order chi connectivity index (χ0) is 18.1. The first kappa shape index (κ1) is 16.4. The molecule has 130 valence electrons. The number of fused-ring (bicyclic) bond motifs is 1. The van der Waals surface area contributed by atoms with E-state index >= 15 is 0 Å². The zero-order valence-electron chi connectivity index (χ0n) is 14.2. The number of esters is 1. The highest BCUT2D eigenvalue weighted by atomic mass is 32.1. The van der Waals surface area contributed by atoms with E-state index in [1.54, 1.807) is 31.3 Å². The number of rotatable bonds is 4. The van der Waals surface area contributed by atoms with Crippen LogP contribution in [0.15, 0.2) is 52.4 Å². The summed E-state index contributed by atoms with van der Waals surface area (Å²) in [5, 5.41) is 6.45. The molecule has 0 saturated carbocycles. The van der Waals surface area contributed by atoms with E-state index < -0.39 is 12.1 Å². The molecule has 0 saturated heterocycles. The Morgan fingerprint density at radius 3 is 2.77 bits per heavy atom. The van der Waals surface area contributed by atoms with Crippen molar-refractivity contribution >= 4 is 28.2 Å². The second-order valence-corrected chi connectivity index (χ2v) is 6.72. The summed E-state index contributed by atoms with van der Waals surface area (Å²) in [6.07, 6.45) is -0.638. The van der Waals surface area contributed by atoms with Crippen LogP contribution in [0.2, 0.25) is 0 Å². The molecule has 7 heteroatoms. The third kappa shape index (κ3) is 3.09. The average molecular weight is 365 g/mol. The van der Waals surface area contributed by atoms with E-state index in [1.807, 2.05) is 41.8 Å². The number of carbonyl (C=O) groups is 1. The lowest BCUT2D eigenvalue weighted by Gasteiger charge is -2.12. The van der Waals surface area contributed by atoms with Crippen molar-refractivity contribution in [2.45, 2.75) is 20.0 Å². The van der Waals surface area contributed by atoms with Crippen LogP contribution in [0.5, 0.6) is 0 Å². The summed E-state index contributed by atoms with van der Waals surface area (Å²) in [5.74, 6) is 0.315. The van der Waals surface area contributed by atoms with Gasteiger partial charge in [-0.15, -0.1) is 11.3 Å². The number of pyridine rings is 1. The molecule has 1 unspecified atom stereocenters. The number of ether oxygens (including phenoxy) is 1. The van der Waals surface area contributed by atoms with Gasteiger partial charge in [-0.2, -0.15) is 4.98 Å². The SMILES string of the molecule is Cc1noc(C(C)OC(=O)c2cc(-c3cccs3)nc3ccccc23)n1. The van der Waals surface area contributed by atoms with Crippen LogP contribution in [0.4, 0.5) is 0 Å². The minimum Gasteiger partial charge on any atom is -0.449 e. The lowest BCUT2D eigenvalue weighted by atomic mass is 10.1. The largest absolute Gasteiger partial charge is 0.449 e. The fraction of sp³-hybridized carbons (Fsp3) is 0.158. The first-order chi connectivity index (χ1) is 12.6. The quantitative estimate of drug-likeness (QED) is 0.493. The molecule has 26 heavy (non-hydrogen) atoms. The topological polar surface area (TPSA) is 78.1 Å². The second-order valence-electron chi connectivity index (χ2n) is 5.78. The molecular formula is C19H15N3O3S. The molecule has 4 aromatic rings. The van der Waals surface area contributed by atoms with Crippen LogP contribution >= 0.6 is 11.3 Å². The molecule has 0 aliphatic rings. The number of nitrogens with zero attached hydrogens (tertiary/aromatic N) is 3. The third-order valence-corrected chi connectivity index (χ3v) is 4.78. The molecule has 4 rings (SSSR count). The molecule has 0 radical (unpaired) electrons. The average Bonchev–Trinajstić information content (AvgIpc) is 3.32. The summed E-state index contributed by atoms with van der Waals surface area (Å²) in [6, 6.07) is 13.2. The maximum absolute atomic E-state index is 12.8. The van der Waals surface area contributed by atoms with Gasteiger partial charge in [0.1, 0.15) is 0 Å². The van der Waals surface area contributed by atoms with Crippen LogP contribution in [-0.4, -0.2) is 21.1 Å². The van der Waals surface area contributed by atoms with E-state index in [2.05, 4.69) is 15.1 Å². The molecule has 0 bridgehead atoms. The van der Waals surface area contributed by atoms with Gasteiger partial charge >= 0.3 is 5.97 Å². The van der Waals surface area contributed by atoms with E-state index in [0.717, 1.165) is 21.5 Å². The molecule has 6 nitrogen and oxygen atoms in total. The predicted octanol–water partition coefficient (Wildman–Crippen LogP) is 4.57. The number of aryl methyl sites for hydroxylation is 1. The number of hydrogen-bond acceptors (Lipinski definition) is 7. The second kappa shape index (κ2) is 6.68. The van der Waals surface area contributed by atoms with Crippen LogP contribution < -0.4 is 0 Å². The monoisotopic (exact) mass is 365 g/mol. The summed E-state index contributed by atoms with van der Waals surface area (Å²) in [6.45, 7) is 3.42. The van der Waals surface area contributed by atoms with Gasteiger partial charge in [-0.1, -0.05) is 29.4 Å². The minimum atomic E-state index is -0.638. The van der Waals surface area contributed by atoms with E-state index in [4.69, 9.17) is 9.26 Å². The van der Waals surface area contributed by atoms with Gasteiger partial charge in [0.15, 0.2) is 11.9 Å². The minimum absolute atomic E-state index is 0.271. The number of thiophene rings is 1. The number of aromatic nitrogens is 3. The molecule has 0 aliphatic carbocycles. The molecule has 0 aliphatic heterocycles. The van der Waals surface area contributed by atoms with E-state index in [1.165, 1.54) is 0 Å². The summed E-state index contributed by atoms with van der Waals surface area (Å²) in [4.78, 5) is 22.6. The van der Waals surface area contributed by atoms with E-state index in [0.29, 0.717) is 11.4 Å². The predicted molar refractivity (Wildman–Crippen MR) is 97.9 cm³/mol. The van der Waals surface area contributed by atoms with Gasteiger partial charge in [-0.05, 0) is 37.4 Å². The first-order valence-corrected chi connectivity index (χ1v) is 8.94. The number of carbonyl (C=O) groups excluding carboxylic acids is 1. The Kier molecular flexibility index (Phi) is 4.22. The number of para-hydroxylation sites is 1. The molecular weight excluding hydrogens is 350 g/mol. The Morgan fingerprint density at radius 2 is 2.04 bits per heavy atom. The van der Waals surface area contributed by atoms with Gasteiger partial charge in [-0.25, -0.2) is 9.78 Å². The van der Waals surface area contributed by atoms with Gasteiger partial charge in [0.2, 0.25) is 0 Å². The fourth-order valence-electron chi connectivity index (χ4n) is 2.65. The van der Waals surface area contributed by atoms with Crippen molar-refractivity contribution < 1.29 is 14.1 Å². The van der Waals surface area contributed by atoms with Gasteiger partial charge in [0.05, 0.1) is 21.7 Å². The highest BCUT2D eigenvalue weighted by Gasteiger charge is 2.21. The van der Waals surface area contributed by atoms with Crippen molar-refractivity contribution in [2.75, 3.05) is 0 Å². The molecule has 0 spiro atoms. The van der Waals surface area contributed by atoms with Gasteiger partial charge in [0, 0.05) is 5.39 Å². The smallest absolute Gasteiger partial charge is 0.339 e. The first-order valence-electron chi connectivity index (χ1n) is 8.06. The van der Waals surface area contributed by atoms with Crippen LogP contribution in [0.1, 0.15) is 35.1 Å². The summed E-state index contributed by atoms with van der Waals surface area (Å²) < 4.78 is 10.6. The highest BCUT2D eigenvalue weighted by molar-refractivity contribution is 7.13. The molecule has 1 aromatic carbocycles. The molecule has 3 aromatic heterocycles. The van der Waals surface area contributed by atoms with E-state index in [-0.39, 0.29) is 5.89 Å². The standard InChI is InChI=1S/C19H15N3O3S/c1-11(18-20-12(2)22-25-18)24-19(23)14-10-16(17-8-5-9-26-17)21-15-7-4-3-6-13(14)15/h3-11H,1-2H3. The maximum atomic E-state index is 12.8. The Balaban J connectivity index is 1.73. The normalized spacial score (nSPS) is 12.2. The Bertz CT molecular complexity index is 1070. The number of benzene rings is 1. The van der Waals surface area contributed by atoms with Crippen molar-refractivity contribution in [2.24, 2.45) is 0 Å². The van der Waals surface area contributed by atoms with Gasteiger partial charge < -0.3 is 9.26 Å². The van der Waals surface area contributed by atoms with Crippen molar-refractivity contribution in [1.82, 2.24) is 15.1 Å². The van der Waals surface area contributed by atoms with Crippen molar-refractivity contribution in [1.29, 1.82) is 0 Å². The lowest BCUT2D eigenvalue weighted by Crippen LogP contribution is -2.10. The molecule has 1 atom stereocenters. The summed E-state index contributed by atoms with van der Waals surface area (Å²) in [7, 11) is 0.